The summed E-state index contributed by atoms with van der Waals surface area (Å²) >= 11 is 0. The van der Waals surface area contributed by atoms with Gasteiger partial charge >= 0.3 is 0 Å². The van der Waals surface area contributed by atoms with Crippen molar-refractivity contribution in [3.63, 3.8) is 0 Å². The Balaban J connectivity index is 2.17. The van der Waals surface area contributed by atoms with Gasteiger partial charge in [0.1, 0.15) is 5.54 Å². The second-order valence-electron chi connectivity index (χ2n) is 5.32. The molecule has 1 aromatic rings. The SMILES string of the molecule is Cc1ccccc1C(C)(NCC1CCCO1)C(N)=O. The van der Waals surface area contributed by atoms with Gasteiger partial charge in [-0.2, -0.15) is 0 Å². The molecule has 2 rings (SSSR count). The third-order valence-corrected chi connectivity index (χ3v) is 3.88. The van der Waals surface area contributed by atoms with Gasteiger partial charge in [-0.3, -0.25) is 10.1 Å². The Morgan fingerprint density at radius 3 is 2.84 bits per heavy atom. The molecule has 19 heavy (non-hydrogen) atoms. The largest absolute Gasteiger partial charge is 0.377 e. The standard InChI is InChI=1S/C15H22N2O2/c1-11-6-3-4-8-13(11)15(2,14(16)18)17-10-12-7-5-9-19-12/h3-4,6,8,12,17H,5,7,9-10H2,1-2H3,(H2,16,18). The highest BCUT2D eigenvalue weighted by atomic mass is 16.5. The first kappa shape index (κ1) is 14.0. The van der Waals surface area contributed by atoms with Crippen LogP contribution in [0.25, 0.3) is 0 Å². The van der Waals surface area contributed by atoms with Gasteiger partial charge in [0.2, 0.25) is 5.91 Å². The molecule has 4 heteroatoms. The van der Waals surface area contributed by atoms with E-state index in [2.05, 4.69) is 5.32 Å². The number of aryl methyl sites for hydroxylation is 1. The molecule has 0 radical (unpaired) electrons. The summed E-state index contributed by atoms with van der Waals surface area (Å²) in [6.07, 6.45) is 2.31. The molecule has 1 saturated heterocycles. The molecule has 1 fully saturated rings. The molecule has 4 nitrogen and oxygen atoms in total. The molecule has 0 saturated carbocycles. The van der Waals surface area contributed by atoms with E-state index in [0.717, 1.165) is 30.6 Å². The molecule has 104 valence electrons. The first-order valence-electron chi connectivity index (χ1n) is 6.76. The van der Waals surface area contributed by atoms with Gasteiger partial charge in [0.15, 0.2) is 0 Å². The highest BCUT2D eigenvalue weighted by Gasteiger charge is 2.34. The Bertz CT molecular complexity index is 455. The van der Waals surface area contributed by atoms with E-state index in [1.54, 1.807) is 0 Å². The summed E-state index contributed by atoms with van der Waals surface area (Å²) in [7, 11) is 0. The Morgan fingerprint density at radius 1 is 1.53 bits per heavy atom. The predicted octanol–water partition coefficient (Wildman–Crippen LogP) is 1.46. The molecule has 2 unspecified atom stereocenters. The number of carbonyl (C=O) groups is 1. The number of benzene rings is 1. The highest BCUT2D eigenvalue weighted by Crippen LogP contribution is 2.24. The number of primary amides is 1. The molecule has 1 aromatic carbocycles. The Kier molecular flexibility index (Phi) is 4.22. The molecular weight excluding hydrogens is 240 g/mol. The number of carbonyl (C=O) groups excluding carboxylic acids is 1. The molecule has 1 amide bonds. The topological polar surface area (TPSA) is 64.3 Å². The zero-order valence-corrected chi connectivity index (χ0v) is 11.6. The van der Waals surface area contributed by atoms with E-state index < -0.39 is 5.54 Å². The van der Waals surface area contributed by atoms with Gasteiger partial charge in [-0.25, -0.2) is 0 Å². The predicted molar refractivity (Wildman–Crippen MR) is 74.7 cm³/mol. The van der Waals surface area contributed by atoms with Gasteiger partial charge in [0, 0.05) is 13.2 Å². The molecule has 0 aliphatic carbocycles. The fraction of sp³-hybridized carbons (Fsp3) is 0.533. The summed E-state index contributed by atoms with van der Waals surface area (Å²) in [5, 5.41) is 3.30. The van der Waals surface area contributed by atoms with Crippen LogP contribution < -0.4 is 11.1 Å². The molecule has 3 N–H and O–H groups in total. The van der Waals surface area contributed by atoms with Gasteiger partial charge < -0.3 is 10.5 Å². The van der Waals surface area contributed by atoms with Crippen LogP contribution in [0.5, 0.6) is 0 Å². The second-order valence-corrected chi connectivity index (χ2v) is 5.32. The molecule has 0 aromatic heterocycles. The fourth-order valence-corrected chi connectivity index (χ4v) is 2.57. The van der Waals surface area contributed by atoms with Crippen molar-refractivity contribution >= 4 is 5.91 Å². The Labute approximate surface area is 114 Å². The lowest BCUT2D eigenvalue weighted by molar-refractivity contribution is -0.124. The quantitative estimate of drug-likeness (QED) is 0.844. The van der Waals surface area contributed by atoms with Crippen molar-refractivity contribution in [2.75, 3.05) is 13.2 Å². The second kappa shape index (κ2) is 5.72. The van der Waals surface area contributed by atoms with E-state index in [1.807, 2.05) is 38.1 Å². The van der Waals surface area contributed by atoms with Gasteiger partial charge in [-0.15, -0.1) is 0 Å². The minimum Gasteiger partial charge on any atom is -0.377 e. The summed E-state index contributed by atoms with van der Waals surface area (Å²) in [6.45, 7) is 5.29. The molecule has 1 aliphatic rings. The number of nitrogens with two attached hydrogens (primary N) is 1. The van der Waals surface area contributed by atoms with Gasteiger partial charge in [-0.1, -0.05) is 24.3 Å². The molecular formula is C15H22N2O2. The maximum atomic E-state index is 11.9. The van der Waals surface area contributed by atoms with Crippen LogP contribution in [0, 0.1) is 6.92 Å². The van der Waals surface area contributed by atoms with Crippen LogP contribution in [0.1, 0.15) is 30.9 Å². The van der Waals surface area contributed by atoms with Crippen molar-refractivity contribution in [1.82, 2.24) is 5.32 Å². The molecule has 0 bridgehead atoms. The van der Waals surface area contributed by atoms with Crippen LogP contribution in [0.3, 0.4) is 0 Å². The van der Waals surface area contributed by atoms with Crippen LogP contribution in [0.2, 0.25) is 0 Å². The number of nitrogens with one attached hydrogen (secondary N) is 1. The smallest absolute Gasteiger partial charge is 0.242 e. The number of hydrogen-bond donors (Lipinski definition) is 2. The van der Waals surface area contributed by atoms with Crippen LogP contribution >= 0.6 is 0 Å². The van der Waals surface area contributed by atoms with E-state index in [9.17, 15) is 4.79 Å². The average molecular weight is 262 g/mol. The summed E-state index contributed by atoms with van der Waals surface area (Å²) in [5.74, 6) is -0.361. The molecule has 1 aliphatic heterocycles. The maximum absolute atomic E-state index is 11.9. The monoisotopic (exact) mass is 262 g/mol. The number of rotatable bonds is 5. The Hall–Kier alpha value is -1.39. The first-order chi connectivity index (χ1) is 9.04. The van der Waals surface area contributed by atoms with Crippen molar-refractivity contribution < 1.29 is 9.53 Å². The summed E-state index contributed by atoms with van der Waals surface area (Å²) in [6, 6.07) is 7.82. The average Bonchev–Trinajstić information content (AvgIpc) is 2.89. The van der Waals surface area contributed by atoms with E-state index in [1.165, 1.54) is 0 Å². The lowest BCUT2D eigenvalue weighted by atomic mass is 9.87. The van der Waals surface area contributed by atoms with E-state index >= 15 is 0 Å². The van der Waals surface area contributed by atoms with Crippen molar-refractivity contribution in [3.8, 4) is 0 Å². The summed E-state index contributed by atoms with van der Waals surface area (Å²) in [4.78, 5) is 11.9. The maximum Gasteiger partial charge on any atom is 0.242 e. The number of amides is 1. The van der Waals surface area contributed by atoms with Gasteiger partial charge in [0.25, 0.3) is 0 Å². The third kappa shape index (κ3) is 2.96. The van der Waals surface area contributed by atoms with Crippen molar-refractivity contribution in [3.05, 3.63) is 35.4 Å². The number of ether oxygens (including phenoxy) is 1. The fourth-order valence-electron chi connectivity index (χ4n) is 2.57. The van der Waals surface area contributed by atoms with E-state index in [0.29, 0.717) is 6.54 Å². The molecule has 0 spiro atoms. The minimum absolute atomic E-state index is 0.183. The Morgan fingerprint density at radius 2 is 2.26 bits per heavy atom. The van der Waals surface area contributed by atoms with Crippen molar-refractivity contribution in [1.29, 1.82) is 0 Å². The normalized spacial score (nSPS) is 22.1. The minimum atomic E-state index is -0.850. The highest BCUT2D eigenvalue weighted by molar-refractivity contribution is 5.86. The zero-order valence-electron chi connectivity index (χ0n) is 11.6. The molecule has 1 heterocycles. The third-order valence-electron chi connectivity index (χ3n) is 3.88. The summed E-state index contributed by atoms with van der Waals surface area (Å²) < 4.78 is 5.58. The van der Waals surface area contributed by atoms with Crippen LogP contribution in [0.15, 0.2) is 24.3 Å². The van der Waals surface area contributed by atoms with E-state index in [-0.39, 0.29) is 12.0 Å². The van der Waals surface area contributed by atoms with Gasteiger partial charge in [0.05, 0.1) is 6.10 Å². The van der Waals surface area contributed by atoms with Crippen LogP contribution in [-0.4, -0.2) is 25.2 Å². The van der Waals surface area contributed by atoms with Crippen molar-refractivity contribution in [2.45, 2.75) is 38.3 Å². The molecule has 2 atom stereocenters. The number of hydrogen-bond acceptors (Lipinski definition) is 3. The van der Waals surface area contributed by atoms with Crippen LogP contribution in [-0.2, 0) is 15.1 Å². The zero-order chi connectivity index (χ0) is 13.9. The van der Waals surface area contributed by atoms with E-state index in [4.69, 9.17) is 10.5 Å². The first-order valence-corrected chi connectivity index (χ1v) is 6.76. The van der Waals surface area contributed by atoms with Gasteiger partial charge in [-0.05, 0) is 37.8 Å². The van der Waals surface area contributed by atoms with Crippen LogP contribution in [0.4, 0.5) is 0 Å². The van der Waals surface area contributed by atoms with Crippen molar-refractivity contribution in [2.24, 2.45) is 5.73 Å². The summed E-state index contributed by atoms with van der Waals surface area (Å²) in [5.41, 5.74) is 6.75. The lowest BCUT2D eigenvalue weighted by Crippen LogP contribution is -2.52. The lowest BCUT2D eigenvalue weighted by Gasteiger charge is -2.30.